The Morgan fingerprint density at radius 3 is 1.18 bits per heavy atom. The Morgan fingerprint density at radius 1 is 0.483 bits per heavy atom. The average Bonchev–Trinajstić information content (AvgIpc) is 3.23. The zero-order chi connectivity index (χ0) is 44.1. The van der Waals surface area contributed by atoms with Crippen LogP contribution >= 0.6 is 0 Å². The van der Waals surface area contributed by atoms with E-state index in [9.17, 15) is 19.2 Å². The van der Waals surface area contributed by atoms with Crippen molar-refractivity contribution in [3.63, 3.8) is 0 Å². The molecule has 10 heteroatoms. The van der Waals surface area contributed by atoms with E-state index < -0.39 is 24.1 Å². The lowest BCUT2D eigenvalue weighted by atomic mass is 9.61. The number of carbonyl (C=O) groups is 4. The van der Waals surface area contributed by atoms with E-state index in [0.717, 1.165) is 49.4 Å². The number of rotatable bonds is 38. The number of amides is 2. The number of hydrogen-bond donors (Lipinski definition) is 4. The third-order valence-corrected chi connectivity index (χ3v) is 12.8. The molecule has 1 aliphatic rings. The Hall–Kier alpha value is -3.04. The van der Waals surface area contributed by atoms with Crippen molar-refractivity contribution in [3.05, 3.63) is 23.3 Å². The van der Waals surface area contributed by atoms with Crippen LogP contribution in [-0.4, -0.2) is 60.6 Å². The van der Waals surface area contributed by atoms with Gasteiger partial charge in [-0.1, -0.05) is 167 Å². The third-order valence-electron chi connectivity index (χ3n) is 12.8. The summed E-state index contributed by atoms with van der Waals surface area (Å²) in [7, 11) is 0. The van der Waals surface area contributed by atoms with Gasteiger partial charge in [0.15, 0.2) is 0 Å². The molecule has 10 nitrogen and oxygen atoms in total. The molecule has 0 aliphatic heterocycles. The van der Waals surface area contributed by atoms with Gasteiger partial charge in [-0.05, 0) is 76.0 Å². The van der Waals surface area contributed by atoms with Crippen molar-refractivity contribution < 1.29 is 38.9 Å². The summed E-state index contributed by atoms with van der Waals surface area (Å²) in [5, 5.41) is 23.4. The molecule has 0 saturated heterocycles. The molecule has 0 aromatic rings. The Bertz CT molecular complexity index is 1190. The number of aliphatic carboxylic acids is 2. The van der Waals surface area contributed by atoms with Crippen molar-refractivity contribution in [2.75, 3.05) is 26.3 Å². The van der Waals surface area contributed by atoms with Crippen LogP contribution in [0.1, 0.15) is 220 Å². The summed E-state index contributed by atoms with van der Waals surface area (Å²) in [6.07, 6.45) is 39.6. The van der Waals surface area contributed by atoms with Gasteiger partial charge in [0.2, 0.25) is 0 Å². The monoisotopic (exact) mass is 847 g/mol. The highest BCUT2D eigenvalue weighted by Crippen LogP contribution is 2.47. The van der Waals surface area contributed by atoms with Crippen molar-refractivity contribution in [1.82, 2.24) is 10.6 Å². The third kappa shape index (κ3) is 29.3. The van der Waals surface area contributed by atoms with E-state index in [1.54, 1.807) is 12.2 Å². The predicted molar refractivity (Wildman–Crippen MR) is 245 cm³/mol. The fraction of sp³-hybridized carbons (Fsp3) is 0.840. The summed E-state index contributed by atoms with van der Waals surface area (Å²) in [6.45, 7) is 9.31. The minimum Gasteiger partial charge on any atom is -0.478 e. The lowest BCUT2D eigenvalue weighted by molar-refractivity contribution is -0.133. The van der Waals surface area contributed by atoms with Gasteiger partial charge < -0.3 is 30.3 Å². The van der Waals surface area contributed by atoms with Crippen LogP contribution in [0.4, 0.5) is 9.59 Å². The maximum atomic E-state index is 11.9. The van der Waals surface area contributed by atoms with Crippen LogP contribution in [0.3, 0.4) is 0 Å². The van der Waals surface area contributed by atoms with Gasteiger partial charge in [0.1, 0.15) is 0 Å². The van der Waals surface area contributed by atoms with E-state index in [-0.39, 0.29) is 24.4 Å². The summed E-state index contributed by atoms with van der Waals surface area (Å²) >= 11 is 0. The molecular formula is C50H90N2O8. The SMILES string of the molecule is CCCCCCCC1C(CCCCC)CCC(CCCCCCCCCNC(=O)OCCC=C(C)C(=O)O)C1CCCCCCCCCNC(=O)OCCC=C(C)C(=O)O. The van der Waals surface area contributed by atoms with Crippen molar-refractivity contribution in [3.8, 4) is 0 Å². The average molecular weight is 847 g/mol. The molecule has 1 aliphatic carbocycles. The maximum Gasteiger partial charge on any atom is 0.407 e. The van der Waals surface area contributed by atoms with Gasteiger partial charge in [-0.3, -0.25) is 0 Å². The van der Waals surface area contributed by atoms with E-state index in [2.05, 4.69) is 24.5 Å². The number of hydrogen-bond acceptors (Lipinski definition) is 6. The number of ether oxygens (including phenoxy) is 2. The summed E-state index contributed by atoms with van der Waals surface area (Å²) in [6, 6.07) is 0. The highest BCUT2D eigenvalue weighted by molar-refractivity contribution is 5.86. The van der Waals surface area contributed by atoms with Crippen molar-refractivity contribution in [1.29, 1.82) is 0 Å². The first-order chi connectivity index (χ1) is 29.1. The van der Waals surface area contributed by atoms with E-state index in [0.29, 0.717) is 25.9 Å². The highest BCUT2D eigenvalue weighted by atomic mass is 16.6. The van der Waals surface area contributed by atoms with Crippen molar-refractivity contribution in [2.45, 2.75) is 220 Å². The van der Waals surface area contributed by atoms with Crippen LogP contribution in [0.5, 0.6) is 0 Å². The van der Waals surface area contributed by atoms with Gasteiger partial charge in [0.25, 0.3) is 0 Å². The molecule has 1 rings (SSSR count). The topological polar surface area (TPSA) is 151 Å². The van der Waals surface area contributed by atoms with Gasteiger partial charge in [0, 0.05) is 37.1 Å². The summed E-state index contributed by atoms with van der Waals surface area (Å²) in [5.74, 6) is 1.72. The van der Waals surface area contributed by atoms with Gasteiger partial charge in [-0.2, -0.15) is 0 Å². The summed E-state index contributed by atoms with van der Waals surface area (Å²) in [5.41, 5.74) is 0.523. The number of alkyl carbamates (subject to hydrolysis) is 2. The molecule has 348 valence electrons. The number of nitrogens with one attached hydrogen (secondary N) is 2. The molecule has 0 aromatic heterocycles. The number of unbranched alkanes of at least 4 members (excludes halogenated alkanes) is 18. The molecular weight excluding hydrogens is 757 g/mol. The second-order valence-corrected chi connectivity index (χ2v) is 17.7. The first-order valence-electron chi connectivity index (χ1n) is 24.7. The molecule has 0 radical (unpaired) electrons. The summed E-state index contributed by atoms with van der Waals surface area (Å²) in [4.78, 5) is 45.5. The largest absolute Gasteiger partial charge is 0.478 e. The van der Waals surface area contributed by atoms with Crippen LogP contribution in [0.25, 0.3) is 0 Å². The number of carboxylic acids is 2. The predicted octanol–water partition coefficient (Wildman–Crippen LogP) is 13.7. The minimum absolute atomic E-state index is 0.183. The van der Waals surface area contributed by atoms with Gasteiger partial charge in [-0.15, -0.1) is 0 Å². The molecule has 2 amide bonds. The fourth-order valence-corrected chi connectivity index (χ4v) is 9.13. The fourth-order valence-electron chi connectivity index (χ4n) is 9.13. The molecule has 60 heavy (non-hydrogen) atoms. The van der Waals surface area contributed by atoms with Crippen LogP contribution in [0, 0.1) is 23.7 Å². The smallest absolute Gasteiger partial charge is 0.407 e. The number of carbonyl (C=O) groups excluding carboxylic acids is 2. The molecule has 0 bridgehead atoms. The lowest BCUT2D eigenvalue weighted by Crippen LogP contribution is -2.35. The molecule has 0 aromatic carbocycles. The van der Waals surface area contributed by atoms with E-state index in [1.807, 2.05) is 0 Å². The molecule has 4 unspecified atom stereocenters. The molecule has 4 atom stereocenters. The molecule has 4 N–H and O–H groups in total. The van der Waals surface area contributed by atoms with Crippen LogP contribution in [0.2, 0.25) is 0 Å². The van der Waals surface area contributed by atoms with Gasteiger partial charge in [0.05, 0.1) is 13.2 Å². The zero-order valence-electron chi connectivity index (χ0n) is 38.8. The van der Waals surface area contributed by atoms with Gasteiger partial charge >= 0.3 is 24.1 Å². The first-order valence-corrected chi connectivity index (χ1v) is 24.7. The Kier molecular flexibility index (Phi) is 34.5. The van der Waals surface area contributed by atoms with Crippen LogP contribution in [-0.2, 0) is 19.1 Å². The molecule has 0 heterocycles. The second-order valence-electron chi connectivity index (χ2n) is 17.7. The van der Waals surface area contributed by atoms with E-state index in [4.69, 9.17) is 19.7 Å². The number of carboxylic acid groups (broad SMARTS) is 2. The second kappa shape index (κ2) is 37.7. The molecule has 1 fully saturated rings. The van der Waals surface area contributed by atoms with Crippen LogP contribution in [0.15, 0.2) is 23.3 Å². The Morgan fingerprint density at radius 2 is 0.800 bits per heavy atom. The Labute approximate surface area is 366 Å². The first kappa shape index (κ1) is 55.0. The van der Waals surface area contributed by atoms with Crippen molar-refractivity contribution >= 4 is 24.1 Å². The Balaban J connectivity index is 2.46. The van der Waals surface area contributed by atoms with E-state index in [1.165, 1.54) is 168 Å². The minimum atomic E-state index is -0.951. The zero-order valence-corrected chi connectivity index (χ0v) is 38.8. The van der Waals surface area contributed by atoms with Gasteiger partial charge in [-0.25, -0.2) is 19.2 Å². The normalized spacial score (nSPS) is 18.3. The lowest BCUT2D eigenvalue weighted by Gasteiger charge is -2.44. The van der Waals surface area contributed by atoms with Crippen molar-refractivity contribution in [2.24, 2.45) is 23.7 Å². The molecule has 1 saturated carbocycles. The standard InChI is InChI=1S/C50H90N2O8/c1-5-7-9-16-23-33-45-43(31-21-8-6-2)35-36-44(32-22-17-12-10-14-19-25-37-51-49(57)59-39-27-29-41(3)47(53)54)46(45)34-24-18-13-11-15-20-26-38-52-50(58)60-40-28-30-42(4)48(55)56/h29-30,43-46H,5-28,31-40H2,1-4H3,(H,51,57)(H,52,58)(H,53,54)(H,55,56). The van der Waals surface area contributed by atoms with E-state index >= 15 is 0 Å². The quantitative estimate of drug-likeness (QED) is 0.0354. The van der Waals surface area contributed by atoms with Crippen LogP contribution < -0.4 is 10.6 Å². The highest BCUT2D eigenvalue weighted by Gasteiger charge is 2.37. The molecule has 0 spiro atoms. The maximum absolute atomic E-state index is 11.9. The summed E-state index contributed by atoms with van der Waals surface area (Å²) < 4.78 is 10.3.